The SMILES string of the molecule is Cc1nc(-c2ncc(C(=O)NCC3CCNCC3)c(=O)[nH]2)cs1. The maximum Gasteiger partial charge on any atom is 0.264 e. The summed E-state index contributed by atoms with van der Waals surface area (Å²) in [5.41, 5.74) is 0.212. The molecule has 0 saturated carbocycles. The third kappa shape index (κ3) is 3.83. The molecule has 0 radical (unpaired) electrons. The molecule has 23 heavy (non-hydrogen) atoms. The number of aromatic nitrogens is 3. The van der Waals surface area contributed by atoms with Crippen LogP contribution in [0.15, 0.2) is 16.4 Å². The summed E-state index contributed by atoms with van der Waals surface area (Å²) >= 11 is 1.48. The fourth-order valence-electron chi connectivity index (χ4n) is 2.58. The van der Waals surface area contributed by atoms with Crippen molar-refractivity contribution >= 4 is 17.2 Å². The number of nitrogens with one attached hydrogen (secondary N) is 3. The summed E-state index contributed by atoms with van der Waals surface area (Å²) in [6.45, 7) is 4.43. The molecule has 0 unspecified atom stereocenters. The molecule has 3 N–H and O–H groups in total. The van der Waals surface area contributed by atoms with Gasteiger partial charge in [0, 0.05) is 18.1 Å². The highest BCUT2D eigenvalue weighted by Crippen LogP contribution is 2.16. The first-order valence-electron chi connectivity index (χ1n) is 7.64. The summed E-state index contributed by atoms with van der Waals surface area (Å²) in [6, 6.07) is 0. The standard InChI is InChI=1S/C15H19N5O2S/c1-9-19-12(8-23-9)13-17-7-11(15(22)20-13)14(21)18-6-10-2-4-16-5-3-10/h7-8,10,16H,2-6H2,1H3,(H,18,21)(H,17,20,22). The van der Waals surface area contributed by atoms with E-state index in [2.05, 4.69) is 25.6 Å². The number of piperidine rings is 1. The van der Waals surface area contributed by atoms with Gasteiger partial charge in [-0.15, -0.1) is 11.3 Å². The number of aryl methyl sites for hydroxylation is 1. The van der Waals surface area contributed by atoms with Gasteiger partial charge in [-0.1, -0.05) is 0 Å². The predicted octanol–water partition coefficient (Wildman–Crippen LogP) is 0.931. The van der Waals surface area contributed by atoms with Crippen LogP contribution in [0.25, 0.3) is 11.5 Å². The van der Waals surface area contributed by atoms with Gasteiger partial charge in [0.25, 0.3) is 11.5 Å². The number of H-pyrrole nitrogens is 1. The van der Waals surface area contributed by atoms with Crippen molar-refractivity contribution in [2.24, 2.45) is 5.92 Å². The van der Waals surface area contributed by atoms with E-state index >= 15 is 0 Å². The number of aromatic amines is 1. The van der Waals surface area contributed by atoms with Gasteiger partial charge in [0.15, 0.2) is 5.82 Å². The second-order valence-corrected chi connectivity index (χ2v) is 6.69. The highest BCUT2D eigenvalue weighted by Gasteiger charge is 2.17. The third-order valence-electron chi connectivity index (χ3n) is 3.92. The van der Waals surface area contributed by atoms with E-state index < -0.39 is 5.56 Å². The van der Waals surface area contributed by atoms with E-state index in [0.29, 0.717) is 24.0 Å². The van der Waals surface area contributed by atoms with Crippen molar-refractivity contribution < 1.29 is 4.79 Å². The zero-order valence-electron chi connectivity index (χ0n) is 12.9. The number of hydrogen-bond acceptors (Lipinski definition) is 6. The molecule has 3 rings (SSSR count). The number of rotatable bonds is 4. The summed E-state index contributed by atoms with van der Waals surface area (Å²) in [7, 11) is 0. The van der Waals surface area contributed by atoms with Crippen LogP contribution in [0, 0.1) is 12.8 Å². The largest absolute Gasteiger partial charge is 0.352 e. The second-order valence-electron chi connectivity index (χ2n) is 5.63. The van der Waals surface area contributed by atoms with Crippen LogP contribution < -0.4 is 16.2 Å². The van der Waals surface area contributed by atoms with Crippen molar-refractivity contribution in [2.45, 2.75) is 19.8 Å². The van der Waals surface area contributed by atoms with Gasteiger partial charge in [-0.25, -0.2) is 9.97 Å². The molecule has 0 aliphatic carbocycles. The first kappa shape index (κ1) is 15.8. The molecule has 1 amide bonds. The Morgan fingerprint density at radius 2 is 2.22 bits per heavy atom. The Morgan fingerprint density at radius 1 is 1.43 bits per heavy atom. The van der Waals surface area contributed by atoms with Gasteiger partial charge in [0.05, 0.1) is 5.01 Å². The van der Waals surface area contributed by atoms with Crippen molar-refractivity contribution in [1.82, 2.24) is 25.6 Å². The van der Waals surface area contributed by atoms with Crippen LogP contribution in [0.4, 0.5) is 0 Å². The Bertz CT molecular complexity index is 748. The molecular weight excluding hydrogens is 314 g/mol. The van der Waals surface area contributed by atoms with E-state index in [1.54, 1.807) is 0 Å². The molecule has 0 spiro atoms. The molecule has 0 aromatic carbocycles. The Morgan fingerprint density at radius 3 is 2.87 bits per heavy atom. The zero-order valence-corrected chi connectivity index (χ0v) is 13.7. The molecule has 1 aliphatic rings. The van der Waals surface area contributed by atoms with Crippen molar-refractivity contribution in [3.8, 4) is 11.5 Å². The smallest absolute Gasteiger partial charge is 0.264 e. The Balaban J connectivity index is 1.67. The molecule has 2 aromatic rings. The molecule has 1 fully saturated rings. The summed E-state index contributed by atoms with van der Waals surface area (Å²) in [6.07, 6.45) is 3.40. The zero-order chi connectivity index (χ0) is 16.2. The number of nitrogens with zero attached hydrogens (tertiary/aromatic N) is 2. The number of thiazole rings is 1. The van der Waals surface area contributed by atoms with Crippen LogP contribution in [0.1, 0.15) is 28.2 Å². The third-order valence-corrected chi connectivity index (χ3v) is 4.69. The van der Waals surface area contributed by atoms with E-state index in [1.165, 1.54) is 17.5 Å². The maximum absolute atomic E-state index is 12.2. The van der Waals surface area contributed by atoms with Crippen molar-refractivity contribution in [1.29, 1.82) is 0 Å². The number of amides is 1. The lowest BCUT2D eigenvalue weighted by molar-refractivity contribution is 0.0942. The average molecular weight is 333 g/mol. The molecular formula is C15H19N5O2S. The molecule has 8 heteroatoms. The average Bonchev–Trinajstić information content (AvgIpc) is 3.00. The van der Waals surface area contributed by atoms with Crippen molar-refractivity contribution in [2.75, 3.05) is 19.6 Å². The number of carbonyl (C=O) groups excluding carboxylic acids is 1. The number of hydrogen-bond donors (Lipinski definition) is 3. The van der Waals surface area contributed by atoms with E-state index in [0.717, 1.165) is 30.9 Å². The van der Waals surface area contributed by atoms with Gasteiger partial charge < -0.3 is 15.6 Å². The van der Waals surface area contributed by atoms with Gasteiger partial charge in [0.1, 0.15) is 11.3 Å². The van der Waals surface area contributed by atoms with Gasteiger partial charge in [-0.05, 0) is 38.8 Å². The summed E-state index contributed by atoms with van der Waals surface area (Å²) in [4.78, 5) is 35.3. The molecule has 2 aromatic heterocycles. The summed E-state index contributed by atoms with van der Waals surface area (Å²) in [5, 5.41) is 8.84. The molecule has 1 aliphatic heterocycles. The van der Waals surface area contributed by atoms with Gasteiger partial charge in [0.2, 0.25) is 0 Å². The fraction of sp³-hybridized carbons (Fsp3) is 0.467. The monoisotopic (exact) mass is 333 g/mol. The molecule has 0 bridgehead atoms. The predicted molar refractivity (Wildman–Crippen MR) is 88.6 cm³/mol. The van der Waals surface area contributed by atoms with Crippen LogP contribution in [-0.4, -0.2) is 40.5 Å². The minimum absolute atomic E-state index is 0.0367. The van der Waals surface area contributed by atoms with Crippen molar-refractivity contribution in [3.05, 3.63) is 32.5 Å². The van der Waals surface area contributed by atoms with Crippen LogP contribution in [0.5, 0.6) is 0 Å². The lowest BCUT2D eigenvalue weighted by atomic mass is 9.98. The topological polar surface area (TPSA) is 99.8 Å². The van der Waals surface area contributed by atoms with E-state index in [9.17, 15) is 9.59 Å². The Labute approximate surface area is 137 Å². The van der Waals surface area contributed by atoms with Gasteiger partial charge in [-0.3, -0.25) is 9.59 Å². The minimum Gasteiger partial charge on any atom is -0.352 e. The highest BCUT2D eigenvalue weighted by atomic mass is 32.1. The normalized spacial score (nSPS) is 15.5. The Hall–Kier alpha value is -2.06. The van der Waals surface area contributed by atoms with Gasteiger partial charge in [-0.2, -0.15) is 0 Å². The Kier molecular flexibility index (Phi) is 4.82. The quantitative estimate of drug-likeness (QED) is 0.773. The number of carbonyl (C=O) groups is 1. The minimum atomic E-state index is -0.441. The van der Waals surface area contributed by atoms with E-state index in [4.69, 9.17) is 0 Å². The van der Waals surface area contributed by atoms with Crippen LogP contribution in [0.3, 0.4) is 0 Å². The van der Waals surface area contributed by atoms with Crippen LogP contribution >= 0.6 is 11.3 Å². The van der Waals surface area contributed by atoms with Crippen molar-refractivity contribution in [3.63, 3.8) is 0 Å². The van der Waals surface area contributed by atoms with Crippen LogP contribution in [-0.2, 0) is 0 Å². The summed E-state index contributed by atoms with van der Waals surface area (Å²) in [5.74, 6) is 0.469. The lowest BCUT2D eigenvalue weighted by Gasteiger charge is -2.22. The highest BCUT2D eigenvalue weighted by molar-refractivity contribution is 7.09. The second kappa shape index (κ2) is 7.01. The first-order valence-corrected chi connectivity index (χ1v) is 8.52. The fourth-order valence-corrected chi connectivity index (χ4v) is 3.17. The molecule has 0 atom stereocenters. The first-order chi connectivity index (χ1) is 11.1. The van der Waals surface area contributed by atoms with Gasteiger partial charge >= 0.3 is 0 Å². The summed E-state index contributed by atoms with van der Waals surface area (Å²) < 4.78 is 0. The maximum atomic E-state index is 12.2. The molecule has 122 valence electrons. The molecule has 3 heterocycles. The van der Waals surface area contributed by atoms with E-state index in [-0.39, 0.29) is 11.5 Å². The van der Waals surface area contributed by atoms with E-state index in [1.807, 2.05) is 12.3 Å². The lowest BCUT2D eigenvalue weighted by Crippen LogP contribution is -2.37. The molecule has 1 saturated heterocycles. The molecule has 7 nitrogen and oxygen atoms in total. The van der Waals surface area contributed by atoms with Crippen LogP contribution in [0.2, 0.25) is 0 Å².